The Bertz CT molecular complexity index is 541. The van der Waals surface area contributed by atoms with Gasteiger partial charge in [0.25, 0.3) is 0 Å². The van der Waals surface area contributed by atoms with Gasteiger partial charge in [0.05, 0.1) is 24.3 Å². The quantitative estimate of drug-likeness (QED) is 0.912. The van der Waals surface area contributed by atoms with Crippen LogP contribution in [0.25, 0.3) is 0 Å². The lowest BCUT2D eigenvalue weighted by atomic mass is 9.98. The molecule has 0 aliphatic carbocycles. The highest BCUT2D eigenvalue weighted by Crippen LogP contribution is 2.38. The molecule has 2 aliphatic heterocycles. The number of ether oxygens (including phenoxy) is 3. The molecule has 2 atom stereocenters. The lowest BCUT2D eigenvalue weighted by Gasteiger charge is -2.38. The van der Waals surface area contributed by atoms with Crippen molar-refractivity contribution in [2.45, 2.75) is 38.0 Å². The number of hydrogen-bond acceptors (Lipinski definition) is 5. The van der Waals surface area contributed by atoms with Crippen LogP contribution in [0.3, 0.4) is 0 Å². The molecule has 1 aromatic carbocycles. The van der Waals surface area contributed by atoms with E-state index in [1.807, 2.05) is 12.1 Å². The van der Waals surface area contributed by atoms with E-state index >= 15 is 0 Å². The zero-order valence-corrected chi connectivity index (χ0v) is 14.3. The van der Waals surface area contributed by atoms with Crippen LogP contribution in [0.4, 0.5) is 0 Å². The SMILES string of the molecule is COC1CCN(Cc2cc(Cl)c3c(c2)OCCCO3)C(CN)C1. The second kappa shape index (κ2) is 7.71. The molecule has 0 amide bonds. The second-order valence-corrected chi connectivity index (χ2v) is 6.60. The number of likely N-dealkylation sites (tertiary alicyclic amines) is 1. The van der Waals surface area contributed by atoms with Crippen molar-refractivity contribution in [2.75, 3.05) is 33.4 Å². The number of methoxy groups -OCH3 is 1. The zero-order valence-electron chi connectivity index (χ0n) is 13.6. The van der Waals surface area contributed by atoms with Crippen LogP contribution in [0, 0.1) is 0 Å². The summed E-state index contributed by atoms with van der Waals surface area (Å²) in [6.07, 6.45) is 3.20. The number of hydrogen-bond donors (Lipinski definition) is 1. The number of fused-ring (bicyclic) bond motifs is 1. The third-order valence-electron chi connectivity index (χ3n) is 4.64. The first kappa shape index (κ1) is 16.8. The minimum Gasteiger partial charge on any atom is -0.489 e. The number of nitrogens with zero attached hydrogens (tertiary/aromatic N) is 1. The van der Waals surface area contributed by atoms with E-state index in [-0.39, 0.29) is 0 Å². The molecule has 0 saturated carbocycles. The minimum atomic E-state index is 0.312. The van der Waals surface area contributed by atoms with Gasteiger partial charge in [0.2, 0.25) is 0 Å². The highest BCUT2D eigenvalue weighted by atomic mass is 35.5. The van der Waals surface area contributed by atoms with Crippen molar-refractivity contribution in [2.24, 2.45) is 5.73 Å². The summed E-state index contributed by atoms with van der Waals surface area (Å²) in [6, 6.07) is 4.36. The molecule has 5 nitrogen and oxygen atoms in total. The molecule has 6 heteroatoms. The predicted octanol–water partition coefficient (Wildman–Crippen LogP) is 2.44. The summed E-state index contributed by atoms with van der Waals surface area (Å²) >= 11 is 6.39. The first-order chi connectivity index (χ1) is 11.2. The largest absolute Gasteiger partial charge is 0.489 e. The van der Waals surface area contributed by atoms with Gasteiger partial charge < -0.3 is 19.9 Å². The minimum absolute atomic E-state index is 0.312. The van der Waals surface area contributed by atoms with E-state index in [9.17, 15) is 0 Å². The van der Waals surface area contributed by atoms with Crippen molar-refractivity contribution in [3.63, 3.8) is 0 Å². The fourth-order valence-electron chi connectivity index (χ4n) is 3.34. The van der Waals surface area contributed by atoms with Crippen LogP contribution in [-0.2, 0) is 11.3 Å². The van der Waals surface area contributed by atoms with E-state index in [0.29, 0.717) is 42.7 Å². The number of halogens is 1. The third-order valence-corrected chi connectivity index (χ3v) is 4.92. The summed E-state index contributed by atoms with van der Waals surface area (Å²) in [5.41, 5.74) is 7.09. The summed E-state index contributed by atoms with van der Waals surface area (Å²) in [6.45, 7) is 3.74. The highest BCUT2D eigenvalue weighted by Gasteiger charge is 2.28. The molecule has 23 heavy (non-hydrogen) atoms. The molecule has 128 valence electrons. The molecule has 0 radical (unpaired) electrons. The normalized spacial score (nSPS) is 25.2. The maximum atomic E-state index is 6.39. The van der Waals surface area contributed by atoms with Gasteiger partial charge in [-0.05, 0) is 30.5 Å². The van der Waals surface area contributed by atoms with Crippen molar-refractivity contribution in [3.8, 4) is 11.5 Å². The molecule has 0 bridgehead atoms. The number of benzene rings is 1. The van der Waals surface area contributed by atoms with E-state index in [0.717, 1.165) is 43.7 Å². The molecule has 2 aliphatic rings. The number of rotatable bonds is 4. The number of piperidine rings is 1. The van der Waals surface area contributed by atoms with Gasteiger partial charge in [0.15, 0.2) is 11.5 Å². The molecule has 2 N–H and O–H groups in total. The Kier molecular flexibility index (Phi) is 5.64. The molecular formula is C17H25ClN2O3. The molecule has 1 saturated heterocycles. The fourth-order valence-corrected chi connectivity index (χ4v) is 3.63. The molecule has 0 aromatic heterocycles. The van der Waals surface area contributed by atoms with E-state index in [1.54, 1.807) is 7.11 Å². The Morgan fingerprint density at radius 2 is 2.17 bits per heavy atom. The molecule has 1 fully saturated rings. The number of nitrogens with two attached hydrogens (primary N) is 1. The monoisotopic (exact) mass is 340 g/mol. The van der Waals surface area contributed by atoms with Gasteiger partial charge in [-0.25, -0.2) is 0 Å². The second-order valence-electron chi connectivity index (χ2n) is 6.20. The Labute approximate surface area is 142 Å². The van der Waals surface area contributed by atoms with Crippen LogP contribution >= 0.6 is 11.6 Å². The summed E-state index contributed by atoms with van der Waals surface area (Å²) in [4.78, 5) is 2.41. The van der Waals surface area contributed by atoms with Crippen LogP contribution < -0.4 is 15.2 Å². The van der Waals surface area contributed by atoms with Crippen molar-refractivity contribution >= 4 is 11.6 Å². The molecule has 0 spiro atoms. The Morgan fingerprint density at radius 3 is 2.96 bits per heavy atom. The average molecular weight is 341 g/mol. The van der Waals surface area contributed by atoms with Gasteiger partial charge in [-0.2, -0.15) is 0 Å². The Morgan fingerprint density at radius 1 is 1.35 bits per heavy atom. The van der Waals surface area contributed by atoms with Crippen molar-refractivity contribution in [1.29, 1.82) is 0 Å². The smallest absolute Gasteiger partial charge is 0.179 e. The van der Waals surface area contributed by atoms with Crippen LogP contribution in [-0.4, -0.2) is 50.5 Å². The van der Waals surface area contributed by atoms with Gasteiger partial charge in [-0.15, -0.1) is 0 Å². The predicted molar refractivity (Wildman–Crippen MR) is 90.3 cm³/mol. The summed E-state index contributed by atoms with van der Waals surface area (Å²) in [7, 11) is 1.78. The third kappa shape index (κ3) is 3.91. The van der Waals surface area contributed by atoms with Crippen molar-refractivity contribution < 1.29 is 14.2 Å². The van der Waals surface area contributed by atoms with Crippen molar-refractivity contribution in [3.05, 3.63) is 22.7 Å². The average Bonchev–Trinajstić information content (AvgIpc) is 2.81. The maximum Gasteiger partial charge on any atom is 0.179 e. The molecule has 2 heterocycles. The highest BCUT2D eigenvalue weighted by molar-refractivity contribution is 6.32. The van der Waals surface area contributed by atoms with Crippen LogP contribution in [0.1, 0.15) is 24.8 Å². The maximum absolute atomic E-state index is 6.39. The lowest BCUT2D eigenvalue weighted by Crippen LogP contribution is -2.47. The van der Waals surface area contributed by atoms with Gasteiger partial charge in [0.1, 0.15) is 0 Å². The van der Waals surface area contributed by atoms with Crippen LogP contribution in [0.2, 0.25) is 5.02 Å². The zero-order chi connectivity index (χ0) is 16.2. The van der Waals surface area contributed by atoms with E-state index in [1.165, 1.54) is 0 Å². The fraction of sp³-hybridized carbons (Fsp3) is 0.647. The van der Waals surface area contributed by atoms with E-state index in [4.69, 9.17) is 31.5 Å². The first-order valence-electron chi connectivity index (χ1n) is 8.26. The first-order valence-corrected chi connectivity index (χ1v) is 8.64. The molecule has 3 rings (SSSR count). The van der Waals surface area contributed by atoms with Gasteiger partial charge in [0, 0.05) is 39.2 Å². The molecule has 1 aromatic rings. The summed E-state index contributed by atoms with van der Waals surface area (Å²) in [5.74, 6) is 1.42. The van der Waals surface area contributed by atoms with Gasteiger partial charge >= 0.3 is 0 Å². The molecular weight excluding hydrogens is 316 g/mol. The topological polar surface area (TPSA) is 57.0 Å². The lowest BCUT2D eigenvalue weighted by molar-refractivity contribution is 0.0102. The van der Waals surface area contributed by atoms with Crippen LogP contribution in [0.5, 0.6) is 11.5 Å². The van der Waals surface area contributed by atoms with Crippen LogP contribution in [0.15, 0.2) is 12.1 Å². The molecule has 2 unspecified atom stereocenters. The Balaban J connectivity index is 1.75. The van der Waals surface area contributed by atoms with Crippen molar-refractivity contribution in [1.82, 2.24) is 4.90 Å². The van der Waals surface area contributed by atoms with Gasteiger partial charge in [-0.3, -0.25) is 4.90 Å². The van der Waals surface area contributed by atoms with E-state index < -0.39 is 0 Å². The van der Waals surface area contributed by atoms with E-state index in [2.05, 4.69) is 4.90 Å². The summed E-state index contributed by atoms with van der Waals surface area (Å²) < 4.78 is 17.0. The standard InChI is InChI=1S/C17H25ClN2O3/c1-21-14-3-4-20(13(9-14)10-19)11-12-7-15(18)17-16(8-12)22-5-2-6-23-17/h7-8,13-14H,2-6,9-11,19H2,1H3. The van der Waals surface area contributed by atoms with Gasteiger partial charge in [-0.1, -0.05) is 11.6 Å². The Hall–Kier alpha value is -1.01. The summed E-state index contributed by atoms with van der Waals surface area (Å²) in [5, 5.41) is 0.621.